The van der Waals surface area contributed by atoms with Crippen LogP contribution in [0.2, 0.25) is 0 Å². The molecule has 4 rings (SSSR count). The van der Waals surface area contributed by atoms with Crippen molar-refractivity contribution in [2.24, 2.45) is 5.92 Å². The average Bonchev–Trinajstić information content (AvgIpc) is 3.30. The van der Waals surface area contributed by atoms with Crippen molar-refractivity contribution in [1.29, 1.82) is 0 Å². The summed E-state index contributed by atoms with van der Waals surface area (Å²) in [6, 6.07) is 7.67. The van der Waals surface area contributed by atoms with Crippen LogP contribution >= 0.6 is 0 Å². The number of rotatable bonds is 6. The number of pyridine rings is 1. The van der Waals surface area contributed by atoms with Crippen LogP contribution in [-0.4, -0.2) is 42.8 Å². The SMILES string of the molecule is C[C@H](OC(=O)C1CCN(c2ccc(C(F)(F)F)cn2)CC1)C(=O)NCc1ccc2c(c1)OCO2. The molecule has 34 heavy (non-hydrogen) atoms. The van der Waals surface area contributed by atoms with E-state index in [2.05, 4.69) is 10.3 Å². The zero-order valence-corrected chi connectivity index (χ0v) is 18.4. The Kier molecular flexibility index (Phi) is 6.80. The molecular weight excluding hydrogens is 455 g/mol. The third kappa shape index (κ3) is 5.52. The number of halogens is 3. The minimum absolute atomic E-state index is 0.165. The van der Waals surface area contributed by atoms with Crippen LogP contribution in [0.3, 0.4) is 0 Å². The number of aromatic nitrogens is 1. The van der Waals surface area contributed by atoms with Gasteiger partial charge in [-0.3, -0.25) is 9.59 Å². The number of nitrogens with zero attached hydrogens (tertiary/aromatic N) is 2. The van der Waals surface area contributed by atoms with Crippen molar-refractivity contribution in [3.8, 4) is 11.5 Å². The highest BCUT2D eigenvalue weighted by Gasteiger charge is 2.32. The number of nitrogens with one attached hydrogen (secondary N) is 1. The summed E-state index contributed by atoms with van der Waals surface area (Å²) in [6.45, 7) is 2.81. The zero-order chi connectivity index (χ0) is 24.3. The lowest BCUT2D eigenvalue weighted by Crippen LogP contribution is -2.40. The van der Waals surface area contributed by atoms with Gasteiger partial charge in [0.2, 0.25) is 6.79 Å². The number of esters is 1. The normalized spacial score (nSPS) is 16.8. The monoisotopic (exact) mass is 479 g/mol. The molecule has 1 aromatic heterocycles. The summed E-state index contributed by atoms with van der Waals surface area (Å²) in [5.74, 6) is 0.413. The number of hydrogen-bond acceptors (Lipinski definition) is 7. The van der Waals surface area contributed by atoms with Crippen LogP contribution < -0.4 is 19.7 Å². The highest BCUT2D eigenvalue weighted by Crippen LogP contribution is 2.32. The summed E-state index contributed by atoms with van der Waals surface area (Å²) in [6.07, 6.45) is -3.69. The average molecular weight is 479 g/mol. The van der Waals surface area contributed by atoms with Gasteiger partial charge in [-0.1, -0.05) is 6.07 Å². The molecule has 2 aliphatic heterocycles. The lowest BCUT2D eigenvalue weighted by Gasteiger charge is -2.32. The number of anilines is 1. The zero-order valence-electron chi connectivity index (χ0n) is 18.4. The molecule has 2 aliphatic rings. The van der Waals surface area contributed by atoms with Crippen molar-refractivity contribution >= 4 is 17.7 Å². The van der Waals surface area contributed by atoms with E-state index in [4.69, 9.17) is 14.2 Å². The number of piperidine rings is 1. The first kappa shape index (κ1) is 23.7. The van der Waals surface area contributed by atoms with E-state index >= 15 is 0 Å². The summed E-state index contributed by atoms with van der Waals surface area (Å²) < 4.78 is 54.0. The van der Waals surface area contributed by atoms with Gasteiger partial charge >= 0.3 is 12.1 Å². The standard InChI is InChI=1S/C23H24F3N3O5/c1-14(21(30)28-11-15-2-4-18-19(10-15)33-13-32-18)34-22(31)16-6-8-29(9-7-16)20-5-3-17(12-27-20)23(24,25)26/h2-5,10,12,14,16H,6-9,11,13H2,1H3,(H,28,30)/t14-/m0/s1. The van der Waals surface area contributed by atoms with E-state index in [1.165, 1.54) is 13.0 Å². The number of amides is 1. The molecule has 1 aromatic carbocycles. The molecule has 0 bridgehead atoms. The first-order valence-corrected chi connectivity index (χ1v) is 10.9. The molecule has 1 fully saturated rings. The van der Waals surface area contributed by atoms with Crippen molar-refractivity contribution in [2.75, 3.05) is 24.8 Å². The Morgan fingerprint density at radius 2 is 1.91 bits per heavy atom. The van der Waals surface area contributed by atoms with Crippen molar-refractivity contribution in [3.05, 3.63) is 47.7 Å². The molecule has 0 unspecified atom stereocenters. The maximum Gasteiger partial charge on any atom is 0.417 e. The second-order valence-corrected chi connectivity index (χ2v) is 8.15. The van der Waals surface area contributed by atoms with Crippen LogP contribution in [0.4, 0.5) is 19.0 Å². The van der Waals surface area contributed by atoms with Crippen molar-refractivity contribution in [3.63, 3.8) is 0 Å². The number of alkyl halides is 3. The number of fused-ring (bicyclic) bond motifs is 1. The third-order valence-electron chi connectivity index (χ3n) is 5.79. The number of ether oxygens (including phenoxy) is 3. The van der Waals surface area contributed by atoms with Gasteiger partial charge < -0.3 is 24.4 Å². The van der Waals surface area contributed by atoms with Crippen LogP contribution in [0.1, 0.15) is 30.9 Å². The van der Waals surface area contributed by atoms with E-state index in [0.29, 0.717) is 43.2 Å². The molecule has 11 heteroatoms. The summed E-state index contributed by atoms with van der Waals surface area (Å²) >= 11 is 0. The Morgan fingerprint density at radius 3 is 2.59 bits per heavy atom. The molecule has 0 saturated carbocycles. The minimum atomic E-state index is -4.43. The van der Waals surface area contributed by atoms with Gasteiger partial charge in [-0.25, -0.2) is 4.98 Å². The van der Waals surface area contributed by atoms with Crippen LogP contribution in [-0.2, 0) is 27.0 Å². The number of hydrogen-bond donors (Lipinski definition) is 1. The molecule has 8 nitrogen and oxygen atoms in total. The summed E-state index contributed by atoms with van der Waals surface area (Å²) in [5.41, 5.74) is 0.0147. The quantitative estimate of drug-likeness (QED) is 0.636. The van der Waals surface area contributed by atoms with Gasteiger partial charge in [-0.15, -0.1) is 0 Å². The van der Waals surface area contributed by atoms with Crippen molar-refractivity contribution in [2.45, 2.75) is 38.6 Å². The summed E-state index contributed by atoms with van der Waals surface area (Å²) in [5, 5.41) is 2.73. The second-order valence-electron chi connectivity index (χ2n) is 8.15. The lowest BCUT2D eigenvalue weighted by molar-refractivity contribution is -0.159. The van der Waals surface area contributed by atoms with E-state index in [0.717, 1.165) is 17.8 Å². The molecule has 0 aliphatic carbocycles. The van der Waals surface area contributed by atoms with E-state index in [1.807, 2.05) is 11.0 Å². The summed E-state index contributed by atoms with van der Waals surface area (Å²) in [4.78, 5) is 30.6. The van der Waals surface area contributed by atoms with Gasteiger partial charge in [-0.05, 0) is 49.6 Å². The van der Waals surface area contributed by atoms with Gasteiger partial charge in [0, 0.05) is 25.8 Å². The molecule has 1 saturated heterocycles. The van der Waals surface area contributed by atoms with E-state index in [9.17, 15) is 22.8 Å². The molecule has 0 spiro atoms. The Labute approximate surface area is 194 Å². The van der Waals surface area contributed by atoms with Crippen LogP contribution in [0.15, 0.2) is 36.5 Å². The molecule has 1 amide bonds. The predicted molar refractivity (Wildman–Crippen MR) is 114 cm³/mol. The fourth-order valence-electron chi connectivity index (χ4n) is 3.79. The lowest BCUT2D eigenvalue weighted by atomic mass is 9.97. The van der Waals surface area contributed by atoms with Gasteiger partial charge in [0.25, 0.3) is 5.91 Å². The fraction of sp³-hybridized carbons (Fsp3) is 0.435. The number of carbonyl (C=O) groups is 2. The van der Waals surface area contributed by atoms with E-state index in [1.54, 1.807) is 12.1 Å². The van der Waals surface area contributed by atoms with E-state index < -0.39 is 35.6 Å². The highest BCUT2D eigenvalue weighted by molar-refractivity contribution is 5.84. The Morgan fingerprint density at radius 1 is 1.18 bits per heavy atom. The Balaban J connectivity index is 1.22. The van der Waals surface area contributed by atoms with Gasteiger partial charge in [-0.2, -0.15) is 13.2 Å². The van der Waals surface area contributed by atoms with E-state index in [-0.39, 0.29) is 13.3 Å². The maximum atomic E-state index is 12.7. The van der Waals surface area contributed by atoms with Crippen LogP contribution in [0.5, 0.6) is 11.5 Å². The Bertz CT molecular complexity index is 1040. The van der Waals surface area contributed by atoms with Gasteiger partial charge in [0.05, 0.1) is 11.5 Å². The van der Waals surface area contributed by atoms with Crippen molar-refractivity contribution < 1.29 is 37.0 Å². The number of benzene rings is 1. The second kappa shape index (κ2) is 9.78. The predicted octanol–water partition coefficient (Wildman–Crippen LogP) is 3.29. The smallest absolute Gasteiger partial charge is 0.417 e. The molecule has 0 radical (unpaired) electrons. The topological polar surface area (TPSA) is 90.0 Å². The first-order chi connectivity index (χ1) is 16.2. The summed E-state index contributed by atoms with van der Waals surface area (Å²) in [7, 11) is 0. The molecule has 2 aromatic rings. The molecule has 1 atom stereocenters. The highest BCUT2D eigenvalue weighted by atomic mass is 19.4. The third-order valence-corrected chi connectivity index (χ3v) is 5.79. The molecule has 182 valence electrons. The first-order valence-electron chi connectivity index (χ1n) is 10.9. The van der Waals surface area contributed by atoms with Gasteiger partial charge in [0.15, 0.2) is 17.6 Å². The van der Waals surface area contributed by atoms with Gasteiger partial charge in [0.1, 0.15) is 5.82 Å². The molecule has 1 N–H and O–H groups in total. The molecular formula is C23H24F3N3O5. The largest absolute Gasteiger partial charge is 0.454 e. The maximum absolute atomic E-state index is 12.7. The van der Waals surface area contributed by atoms with Crippen LogP contribution in [0.25, 0.3) is 0 Å². The van der Waals surface area contributed by atoms with Crippen molar-refractivity contribution in [1.82, 2.24) is 10.3 Å². The van der Waals surface area contributed by atoms with Crippen LogP contribution in [0, 0.1) is 5.92 Å². The fourth-order valence-corrected chi connectivity index (χ4v) is 3.79. The Hall–Kier alpha value is -3.50. The molecule has 3 heterocycles. The number of carbonyl (C=O) groups excluding carboxylic acids is 2. The minimum Gasteiger partial charge on any atom is -0.454 e.